The molecule has 4 amide bonds. The summed E-state index contributed by atoms with van der Waals surface area (Å²) in [5.74, 6) is -4.07. The first-order chi connectivity index (χ1) is 23.7. The molecule has 14 nitrogen and oxygen atoms in total. The number of hydrogen-bond acceptors (Lipinski definition) is 9. The van der Waals surface area contributed by atoms with E-state index < -0.39 is 76.1 Å². The number of carbonyl (C=O) groups is 5. The second-order valence-corrected chi connectivity index (χ2v) is 13.5. The molecule has 50 heavy (non-hydrogen) atoms. The summed E-state index contributed by atoms with van der Waals surface area (Å²) in [5.41, 5.74) is 1.20. The molecule has 2 aromatic carbocycles. The standard InChI is InChI=1S/C35H41N5O9S/c1-23(2)31(34(45)38-27(21-30(41)42)17-19-50(47,48)28-15-8-5-9-16-28)40-33(44)29(20-26-14-10-11-18-36-26)39-32(43)24(3)37-35(46)49-22-25-12-6-4-7-13-25/h4-19,23-24,27,29,31H,20-22H2,1-3H3,(H,37,46)(H,38,45)(H,39,43)(H,40,44)(H,41,42)/b19-17+/t24-,27+,29-,31-/m0/s1. The largest absolute Gasteiger partial charge is 0.481 e. The fourth-order valence-electron chi connectivity index (χ4n) is 4.54. The van der Waals surface area contributed by atoms with E-state index in [-0.39, 0.29) is 17.9 Å². The maximum atomic E-state index is 13.7. The van der Waals surface area contributed by atoms with Crippen LogP contribution in [0.25, 0.3) is 0 Å². The van der Waals surface area contributed by atoms with Crippen LogP contribution in [-0.4, -0.2) is 72.5 Å². The van der Waals surface area contributed by atoms with E-state index in [0.29, 0.717) is 5.69 Å². The number of aromatic nitrogens is 1. The van der Waals surface area contributed by atoms with Crippen LogP contribution in [0, 0.1) is 5.92 Å². The monoisotopic (exact) mass is 707 g/mol. The maximum Gasteiger partial charge on any atom is 0.408 e. The Bertz CT molecular complexity index is 1740. The summed E-state index contributed by atoms with van der Waals surface area (Å²) in [7, 11) is -3.94. The average molecular weight is 708 g/mol. The lowest BCUT2D eigenvalue weighted by molar-refractivity contribution is -0.137. The fraction of sp³-hybridized carbons (Fsp3) is 0.314. The van der Waals surface area contributed by atoms with Crippen molar-refractivity contribution in [3.05, 3.63) is 108 Å². The van der Waals surface area contributed by atoms with Gasteiger partial charge in [0.25, 0.3) is 0 Å². The molecule has 0 fully saturated rings. The maximum absolute atomic E-state index is 13.7. The van der Waals surface area contributed by atoms with Gasteiger partial charge >= 0.3 is 12.1 Å². The van der Waals surface area contributed by atoms with Crippen molar-refractivity contribution in [1.82, 2.24) is 26.3 Å². The van der Waals surface area contributed by atoms with Crippen molar-refractivity contribution in [2.75, 3.05) is 0 Å². The number of nitrogens with one attached hydrogen (secondary N) is 4. The highest BCUT2D eigenvalue weighted by molar-refractivity contribution is 7.94. The van der Waals surface area contributed by atoms with Crippen LogP contribution in [0.2, 0.25) is 0 Å². The average Bonchev–Trinajstić information content (AvgIpc) is 3.09. The Morgan fingerprint density at radius 2 is 1.44 bits per heavy atom. The van der Waals surface area contributed by atoms with Crippen LogP contribution in [-0.2, 0) is 46.8 Å². The zero-order valence-electron chi connectivity index (χ0n) is 27.8. The Balaban J connectivity index is 1.72. The molecule has 0 aliphatic rings. The van der Waals surface area contributed by atoms with Gasteiger partial charge in [0, 0.05) is 23.7 Å². The molecule has 0 saturated carbocycles. The number of sulfone groups is 1. The van der Waals surface area contributed by atoms with Gasteiger partial charge in [0.1, 0.15) is 24.7 Å². The van der Waals surface area contributed by atoms with Crippen molar-refractivity contribution < 1.29 is 42.2 Å². The number of amides is 4. The van der Waals surface area contributed by atoms with Gasteiger partial charge in [0.15, 0.2) is 9.84 Å². The third kappa shape index (κ3) is 12.8. The van der Waals surface area contributed by atoms with Gasteiger partial charge in [-0.15, -0.1) is 0 Å². The van der Waals surface area contributed by atoms with Gasteiger partial charge in [-0.2, -0.15) is 0 Å². The number of carboxylic acid groups (broad SMARTS) is 1. The van der Waals surface area contributed by atoms with Crippen LogP contribution >= 0.6 is 0 Å². The van der Waals surface area contributed by atoms with E-state index >= 15 is 0 Å². The zero-order valence-corrected chi connectivity index (χ0v) is 28.6. The van der Waals surface area contributed by atoms with Crippen LogP contribution in [0.5, 0.6) is 0 Å². The van der Waals surface area contributed by atoms with E-state index in [9.17, 15) is 37.5 Å². The number of pyridine rings is 1. The van der Waals surface area contributed by atoms with Crippen LogP contribution in [0.15, 0.2) is 101 Å². The van der Waals surface area contributed by atoms with Crippen LogP contribution in [0.3, 0.4) is 0 Å². The Morgan fingerprint density at radius 3 is 2.04 bits per heavy atom. The topological polar surface area (TPSA) is 210 Å². The summed E-state index contributed by atoms with van der Waals surface area (Å²) in [6.45, 7) is 4.68. The zero-order chi connectivity index (χ0) is 36.7. The molecular weight excluding hydrogens is 666 g/mol. The molecule has 3 rings (SSSR count). The number of alkyl carbamates (subject to hydrolysis) is 1. The van der Waals surface area contributed by atoms with Crippen LogP contribution < -0.4 is 21.3 Å². The Kier molecular flexibility index (Phi) is 14.6. The van der Waals surface area contributed by atoms with E-state index in [1.54, 1.807) is 62.4 Å². The van der Waals surface area contributed by atoms with Crippen molar-refractivity contribution in [2.24, 2.45) is 5.92 Å². The van der Waals surface area contributed by atoms with Crippen molar-refractivity contribution >= 4 is 39.6 Å². The first kappa shape index (κ1) is 38.9. The predicted octanol–water partition coefficient (Wildman–Crippen LogP) is 2.51. The first-order valence-electron chi connectivity index (χ1n) is 15.7. The summed E-state index contributed by atoms with van der Waals surface area (Å²) in [4.78, 5) is 68.4. The Labute approximate surface area is 290 Å². The van der Waals surface area contributed by atoms with Crippen molar-refractivity contribution in [1.29, 1.82) is 0 Å². The van der Waals surface area contributed by atoms with E-state index in [1.165, 1.54) is 37.4 Å². The second-order valence-electron chi connectivity index (χ2n) is 11.6. The van der Waals surface area contributed by atoms with Gasteiger partial charge in [0.05, 0.1) is 17.4 Å². The Hall–Kier alpha value is -5.57. The first-order valence-corrected chi connectivity index (χ1v) is 17.3. The summed E-state index contributed by atoms with van der Waals surface area (Å²) in [6.07, 6.45) is 1.02. The van der Waals surface area contributed by atoms with Crippen LogP contribution in [0.4, 0.5) is 4.79 Å². The molecule has 0 aliphatic carbocycles. The smallest absolute Gasteiger partial charge is 0.408 e. The van der Waals surface area contributed by atoms with E-state index in [2.05, 4.69) is 26.3 Å². The number of rotatable bonds is 17. The van der Waals surface area contributed by atoms with Crippen molar-refractivity contribution in [2.45, 2.75) is 69.3 Å². The van der Waals surface area contributed by atoms with E-state index in [4.69, 9.17) is 4.74 Å². The SMILES string of the molecule is CC(C)[C@H](NC(=O)[C@H](Cc1ccccn1)NC(=O)[C@H](C)NC(=O)OCc1ccccc1)C(=O)N[C@H](/C=C/S(=O)(=O)c1ccccc1)CC(=O)O. The number of ether oxygens (including phenoxy) is 1. The number of nitrogens with zero attached hydrogens (tertiary/aromatic N) is 1. The molecule has 0 spiro atoms. The van der Waals surface area contributed by atoms with E-state index in [1.807, 2.05) is 6.07 Å². The molecule has 1 heterocycles. The van der Waals surface area contributed by atoms with Crippen molar-refractivity contribution in [3.63, 3.8) is 0 Å². The number of benzene rings is 2. The van der Waals surface area contributed by atoms with Gasteiger partial charge in [-0.25, -0.2) is 13.2 Å². The lowest BCUT2D eigenvalue weighted by atomic mass is 10.0. The lowest BCUT2D eigenvalue weighted by Crippen LogP contribution is -2.58. The normalized spacial score (nSPS) is 13.8. The molecule has 1 aromatic heterocycles. The molecule has 15 heteroatoms. The van der Waals surface area contributed by atoms with Gasteiger partial charge < -0.3 is 31.1 Å². The molecule has 0 unspecified atom stereocenters. The Morgan fingerprint density at radius 1 is 0.800 bits per heavy atom. The quantitative estimate of drug-likeness (QED) is 0.138. The number of carbonyl (C=O) groups excluding carboxylic acids is 4. The molecule has 266 valence electrons. The van der Waals surface area contributed by atoms with Crippen molar-refractivity contribution in [3.8, 4) is 0 Å². The third-order valence-electron chi connectivity index (χ3n) is 7.24. The molecule has 5 N–H and O–H groups in total. The van der Waals surface area contributed by atoms with Gasteiger partial charge in [0.2, 0.25) is 17.7 Å². The molecule has 0 saturated heterocycles. The van der Waals surface area contributed by atoms with Gasteiger partial charge in [-0.05, 0) is 48.7 Å². The second kappa shape index (κ2) is 18.8. The van der Waals surface area contributed by atoms with Gasteiger partial charge in [-0.3, -0.25) is 24.2 Å². The molecule has 4 atom stereocenters. The molecule has 3 aromatic rings. The minimum Gasteiger partial charge on any atom is -0.481 e. The van der Waals surface area contributed by atoms with E-state index in [0.717, 1.165) is 17.0 Å². The number of hydrogen-bond donors (Lipinski definition) is 5. The molecule has 0 radical (unpaired) electrons. The highest BCUT2D eigenvalue weighted by Gasteiger charge is 2.31. The molecule has 0 aliphatic heterocycles. The lowest BCUT2D eigenvalue weighted by Gasteiger charge is -2.27. The third-order valence-corrected chi connectivity index (χ3v) is 8.69. The number of carboxylic acids is 1. The highest BCUT2D eigenvalue weighted by Crippen LogP contribution is 2.13. The fourth-order valence-corrected chi connectivity index (χ4v) is 5.63. The summed E-state index contributed by atoms with van der Waals surface area (Å²) < 4.78 is 30.6. The van der Waals surface area contributed by atoms with Gasteiger partial charge in [-0.1, -0.05) is 68.4 Å². The summed E-state index contributed by atoms with van der Waals surface area (Å²) >= 11 is 0. The molecule has 0 bridgehead atoms. The summed E-state index contributed by atoms with van der Waals surface area (Å²) in [6, 6.07) is 16.6. The van der Waals surface area contributed by atoms with Crippen LogP contribution in [0.1, 0.15) is 38.4 Å². The summed E-state index contributed by atoms with van der Waals surface area (Å²) in [5, 5.41) is 20.4. The molecular formula is C35H41N5O9S. The highest BCUT2D eigenvalue weighted by atomic mass is 32.2. The number of aliphatic carboxylic acids is 1. The predicted molar refractivity (Wildman–Crippen MR) is 183 cm³/mol. The minimum atomic E-state index is -3.94. The minimum absolute atomic E-state index is 0.0152.